The predicted molar refractivity (Wildman–Crippen MR) is 81.3 cm³/mol. The van der Waals surface area contributed by atoms with Crippen molar-refractivity contribution in [2.45, 2.75) is 32.4 Å². The molecule has 1 heterocycles. The van der Waals surface area contributed by atoms with Crippen LogP contribution in [0.5, 0.6) is 5.75 Å². The fraction of sp³-hybridized carbons (Fsp3) is 0.400. The van der Waals surface area contributed by atoms with Gasteiger partial charge in [0.15, 0.2) is 0 Å². The van der Waals surface area contributed by atoms with Crippen LogP contribution < -0.4 is 10.5 Å². The molecule has 1 aromatic heterocycles. The Balaban J connectivity index is 2.12. The molecule has 20 heavy (non-hydrogen) atoms. The summed E-state index contributed by atoms with van der Waals surface area (Å²) in [6.45, 7) is 2.76. The van der Waals surface area contributed by atoms with Crippen LogP contribution in [0.25, 0.3) is 0 Å². The molecule has 0 amide bonds. The number of methoxy groups -OCH3 is 1. The highest BCUT2D eigenvalue weighted by Crippen LogP contribution is 2.23. The number of ether oxygens (including phenoxy) is 1. The first-order chi connectivity index (χ1) is 9.62. The smallest absolute Gasteiger partial charge is 0.123 e. The summed E-state index contributed by atoms with van der Waals surface area (Å²) >= 11 is 6.04. The van der Waals surface area contributed by atoms with Crippen molar-refractivity contribution in [3.63, 3.8) is 0 Å². The van der Waals surface area contributed by atoms with Gasteiger partial charge in [-0.3, -0.25) is 0 Å². The molecule has 2 N–H and O–H groups in total. The fourth-order valence-corrected chi connectivity index (χ4v) is 2.27. The number of benzene rings is 1. The SMILES string of the molecule is CCC(N)Cc1cn(Cc2cc(Cl)ccc2OC)cn1. The summed E-state index contributed by atoms with van der Waals surface area (Å²) in [6, 6.07) is 5.78. The van der Waals surface area contributed by atoms with Crippen molar-refractivity contribution in [1.82, 2.24) is 9.55 Å². The van der Waals surface area contributed by atoms with Gasteiger partial charge < -0.3 is 15.0 Å². The average molecular weight is 294 g/mol. The van der Waals surface area contributed by atoms with Crippen LogP contribution in [0.4, 0.5) is 0 Å². The Bertz CT molecular complexity index is 568. The van der Waals surface area contributed by atoms with Crippen LogP contribution in [-0.4, -0.2) is 22.7 Å². The van der Waals surface area contributed by atoms with Crippen molar-refractivity contribution in [3.05, 3.63) is 47.0 Å². The zero-order valence-electron chi connectivity index (χ0n) is 11.8. The molecule has 1 aromatic carbocycles. The minimum absolute atomic E-state index is 0.166. The number of nitrogens with zero attached hydrogens (tertiary/aromatic N) is 2. The molecule has 2 aromatic rings. The first-order valence-corrected chi connectivity index (χ1v) is 7.08. The molecule has 0 saturated carbocycles. The lowest BCUT2D eigenvalue weighted by molar-refractivity contribution is 0.408. The van der Waals surface area contributed by atoms with Crippen molar-refractivity contribution in [2.75, 3.05) is 7.11 Å². The fourth-order valence-electron chi connectivity index (χ4n) is 2.08. The molecule has 0 bridgehead atoms. The molecule has 2 rings (SSSR count). The number of hydrogen-bond acceptors (Lipinski definition) is 3. The van der Waals surface area contributed by atoms with Crippen LogP contribution in [-0.2, 0) is 13.0 Å². The molecule has 4 nitrogen and oxygen atoms in total. The van der Waals surface area contributed by atoms with Gasteiger partial charge in [0.2, 0.25) is 0 Å². The van der Waals surface area contributed by atoms with E-state index >= 15 is 0 Å². The maximum absolute atomic E-state index is 6.04. The van der Waals surface area contributed by atoms with E-state index in [1.165, 1.54) is 0 Å². The summed E-state index contributed by atoms with van der Waals surface area (Å²) in [7, 11) is 1.66. The normalized spacial score (nSPS) is 12.4. The Hall–Kier alpha value is -1.52. The van der Waals surface area contributed by atoms with Crippen LogP contribution in [0.3, 0.4) is 0 Å². The molecule has 0 spiro atoms. The summed E-state index contributed by atoms with van der Waals surface area (Å²) in [5, 5.41) is 0.703. The van der Waals surface area contributed by atoms with Gasteiger partial charge in [0.05, 0.1) is 25.7 Å². The van der Waals surface area contributed by atoms with Gasteiger partial charge in [-0.05, 0) is 24.6 Å². The van der Waals surface area contributed by atoms with Crippen molar-refractivity contribution in [3.8, 4) is 5.75 Å². The number of imidazole rings is 1. The minimum atomic E-state index is 0.166. The van der Waals surface area contributed by atoms with Crippen LogP contribution in [0.15, 0.2) is 30.7 Å². The Labute approximate surface area is 124 Å². The van der Waals surface area contributed by atoms with Crippen molar-refractivity contribution < 1.29 is 4.74 Å². The molecule has 0 radical (unpaired) electrons. The lowest BCUT2D eigenvalue weighted by Gasteiger charge is -2.09. The van der Waals surface area contributed by atoms with Crippen LogP contribution in [0.2, 0.25) is 5.02 Å². The molecule has 0 aliphatic heterocycles. The Morgan fingerprint density at radius 1 is 1.45 bits per heavy atom. The van der Waals surface area contributed by atoms with Gasteiger partial charge in [-0.15, -0.1) is 0 Å². The highest BCUT2D eigenvalue weighted by molar-refractivity contribution is 6.30. The molecule has 108 valence electrons. The summed E-state index contributed by atoms with van der Waals surface area (Å²) in [5.74, 6) is 0.829. The van der Waals surface area contributed by atoms with Crippen LogP contribution in [0.1, 0.15) is 24.6 Å². The maximum atomic E-state index is 6.04. The topological polar surface area (TPSA) is 53.1 Å². The number of aromatic nitrogens is 2. The second-order valence-corrected chi connectivity index (χ2v) is 5.30. The van der Waals surface area contributed by atoms with E-state index in [4.69, 9.17) is 22.1 Å². The second kappa shape index (κ2) is 6.77. The highest BCUT2D eigenvalue weighted by Gasteiger charge is 2.08. The standard InChI is InChI=1S/C15H20ClN3O/c1-3-13(17)7-14-9-19(10-18-14)8-11-6-12(16)4-5-15(11)20-2/h4-6,9-10,13H,3,7-8,17H2,1-2H3. The second-order valence-electron chi connectivity index (χ2n) is 4.87. The van der Waals surface area contributed by atoms with Gasteiger partial charge in [0.1, 0.15) is 5.75 Å². The van der Waals surface area contributed by atoms with Crippen molar-refractivity contribution in [1.29, 1.82) is 0 Å². The largest absolute Gasteiger partial charge is 0.496 e. The number of rotatable bonds is 6. The predicted octanol–water partition coefficient (Wildman–Crippen LogP) is 2.87. The third-order valence-corrected chi connectivity index (χ3v) is 3.51. The number of hydrogen-bond donors (Lipinski definition) is 1. The van der Waals surface area contributed by atoms with Crippen LogP contribution in [0, 0.1) is 0 Å². The van der Waals surface area contributed by atoms with E-state index in [-0.39, 0.29) is 6.04 Å². The molecule has 0 saturated heterocycles. The molecular weight excluding hydrogens is 274 g/mol. The Morgan fingerprint density at radius 2 is 2.25 bits per heavy atom. The van der Waals surface area contributed by atoms with E-state index < -0.39 is 0 Å². The number of nitrogens with two attached hydrogens (primary N) is 1. The van der Waals surface area contributed by atoms with E-state index in [1.807, 2.05) is 35.3 Å². The van der Waals surface area contributed by atoms with Gasteiger partial charge in [-0.25, -0.2) is 4.98 Å². The Morgan fingerprint density at radius 3 is 2.95 bits per heavy atom. The van der Waals surface area contributed by atoms with Gasteiger partial charge in [0.25, 0.3) is 0 Å². The highest BCUT2D eigenvalue weighted by atomic mass is 35.5. The maximum Gasteiger partial charge on any atom is 0.123 e. The van der Waals surface area contributed by atoms with Gasteiger partial charge in [-0.2, -0.15) is 0 Å². The molecule has 1 atom stereocenters. The minimum Gasteiger partial charge on any atom is -0.496 e. The van der Waals surface area contributed by atoms with Crippen molar-refractivity contribution in [2.24, 2.45) is 5.73 Å². The molecular formula is C15H20ClN3O. The number of halogens is 1. The molecule has 1 unspecified atom stereocenters. The zero-order chi connectivity index (χ0) is 14.5. The molecule has 0 fully saturated rings. The van der Waals surface area contributed by atoms with Crippen molar-refractivity contribution >= 4 is 11.6 Å². The monoisotopic (exact) mass is 293 g/mol. The summed E-state index contributed by atoms with van der Waals surface area (Å²) in [6.07, 6.45) is 5.60. The van der Waals surface area contributed by atoms with E-state index in [0.29, 0.717) is 11.6 Å². The summed E-state index contributed by atoms with van der Waals surface area (Å²) in [5.41, 5.74) is 7.99. The zero-order valence-corrected chi connectivity index (χ0v) is 12.6. The summed E-state index contributed by atoms with van der Waals surface area (Å²) < 4.78 is 7.37. The third kappa shape index (κ3) is 3.74. The first kappa shape index (κ1) is 14.9. The Kier molecular flexibility index (Phi) is 5.04. The van der Waals surface area contributed by atoms with Crippen LogP contribution >= 0.6 is 11.6 Å². The van der Waals surface area contributed by atoms with E-state index in [0.717, 1.165) is 29.8 Å². The third-order valence-electron chi connectivity index (χ3n) is 3.28. The van der Waals surface area contributed by atoms with E-state index in [2.05, 4.69) is 11.9 Å². The molecule has 0 aliphatic rings. The van der Waals surface area contributed by atoms with E-state index in [1.54, 1.807) is 7.11 Å². The molecule has 0 aliphatic carbocycles. The van der Waals surface area contributed by atoms with Gasteiger partial charge in [-0.1, -0.05) is 18.5 Å². The average Bonchev–Trinajstić information content (AvgIpc) is 2.86. The summed E-state index contributed by atoms with van der Waals surface area (Å²) in [4.78, 5) is 4.39. The van der Waals surface area contributed by atoms with Gasteiger partial charge >= 0.3 is 0 Å². The molecule has 5 heteroatoms. The van der Waals surface area contributed by atoms with E-state index in [9.17, 15) is 0 Å². The van der Waals surface area contributed by atoms with Gasteiger partial charge in [0, 0.05) is 29.2 Å². The quantitative estimate of drug-likeness (QED) is 0.891. The lowest BCUT2D eigenvalue weighted by Crippen LogP contribution is -2.21. The first-order valence-electron chi connectivity index (χ1n) is 6.71. The lowest BCUT2D eigenvalue weighted by atomic mass is 10.1.